The molecule has 1 aromatic carbocycles. The lowest BCUT2D eigenvalue weighted by atomic mass is 10.1. The Hall–Kier alpha value is -0.580. The molecule has 0 bridgehead atoms. The number of hydrogen-bond donors (Lipinski definition) is 1. The molecular weight excluding hydrogens is 258 g/mol. The van der Waals surface area contributed by atoms with E-state index in [2.05, 4.69) is 5.32 Å². The van der Waals surface area contributed by atoms with Gasteiger partial charge in [0.15, 0.2) is 0 Å². The van der Waals surface area contributed by atoms with Crippen LogP contribution in [0.25, 0.3) is 0 Å². The predicted molar refractivity (Wildman–Crippen MR) is 71.4 cm³/mol. The van der Waals surface area contributed by atoms with Crippen molar-refractivity contribution < 1.29 is 8.95 Å². The molecule has 1 aliphatic heterocycles. The van der Waals surface area contributed by atoms with E-state index in [1.807, 2.05) is 18.2 Å². The van der Waals surface area contributed by atoms with Crippen LogP contribution in [0.1, 0.15) is 5.56 Å². The molecule has 2 unspecified atom stereocenters. The maximum atomic E-state index is 10.9. The van der Waals surface area contributed by atoms with Gasteiger partial charge in [-0.2, -0.15) is 0 Å². The van der Waals surface area contributed by atoms with Gasteiger partial charge in [-0.1, -0.05) is 11.6 Å². The number of hydrogen-bond acceptors (Lipinski definition) is 3. The van der Waals surface area contributed by atoms with Gasteiger partial charge in [0, 0.05) is 47.3 Å². The molecular formula is C12H16ClNO2S. The Labute approximate surface area is 109 Å². The van der Waals surface area contributed by atoms with Gasteiger partial charge in [-0.25, -0.2) is 0 Å². The zero-order chi connectivity index (χ0) is 12.3. The second kappa shape index (κ2) is 5.85. The summed E-state index contributed by atoms with van der Waals surface area (Å²) in [5.41, 5.74) is 1.17. The molecule has 2 atom stereocenters. The smallest absolute Gasteiger partial charge is 0.123 e. The quantitative estimate of drug-likeness (QED) is 0.829. The van der Waals surface area contributed by atoms with Crippen LogP contribution in [-0.2, 0) is 17.2 Å². The number of fused-ring (bicyclic) bond motifs is 1. The third-order valence-electron chi connectivity index (χ3n) is 2.70. The maximum absolute atomic E-state index is 10.9. The van der Waals surface area contributed by atoms with Crippen molar-refractivity contribution in [2.45, 2.75) is 12.5 Å². The third-order valence-corrected chi connectivity index (χ3v) is 3.72. The van der Waals surface area contributed by atoms with E-state index in [1.54, 1.807) is 6.26 Å². The van der Waals surface area contributed by atoms with Crippen LogP contribution >= 0.6 is 11.6 Å². The summed E-state index contributed by atoms with van der Waals surface area (Å²) in [6.07, 6.45) is 2.76. The summed E-state index contributed by atoms with van der Waals surface area (Å²) >= 11 is 5.93. The van der Waals surface area contributed by atoms with E-state index in [0.29, 0.717) is 5.75 Å². The van der Waals surface area contributed by atoms with Crippen LogP contribution in [-0.4, -0.2) is 35.4 Å². The Bertz CT molecular complexity index is 425. The van der Waals surface area contributed by atoms with Crippen LogP contribution in [0.15, 0.2) is 18.2 Å². The van der Waals surface area contributed by atoms with Crippen molar-refractivity contribution >= 4 is 22.4 Å². The van der Waals surface area contributed by atoms with Crippen molar-refractivity contribution in [3.05, 3.63) is 28.8 Å². The molecule has 94 valence electrons. The van der Waals surface area contributed by atoms with E-state index >= 15 is 0 Å². The molecule has 2 rings (SSSR count). The molecule has 0 spiro atoms. The first-order valence-corrected chi connectivity index (χ1v) is 7.71. The Morgan fingerprint density at radius 2 is 2.41 bits per heavy atom. The van der Waals surface area contributed by atoms with Gasteiger partial charge in [-0.05, 0) is 23.8 Å². The standard InChI is InChI=1S/C12H16ClNO2S/c1-17(15)5-4-14-8-11-7-9-6-10(13)2-3-12(9)16-11/h2-3,6,11,14H,4-5,7-8H2,1H3. The van der Waals surface area contributed by atoms with Crippen molar-refractivity contribution in [2.24, 2.45) is 0 Å². The average molecular weight is 274 g/mol. The van der Waals surface area contributed by atoms with Gasteiger partial charge in [-0.3, -0.25) is 4.21 Å². The molecule has 1 aliphatic rings. The van der Waals surface area contributed by atoms with Gasteiger partial charge >= 0.3 is 0 Å². The molecule has 1 aromatic rings. The highest BCUT2D eigenvalue weighted by Gasteiger charge is 2.22. The van der Waals surface area contributed by atoms with Gasteiger partial charge in [0.2, 0.25) is 0 Å². The number of benzene rings is 1. The fourth-order valence-corrected chi connectivity index (χ4v) is 2.51. The van der Waals surface area contributed by atoms with E-state index in [-0.39, 0.29) is 6.10 Å². The second-order valence-electron chi connectivity index (χ2n) is 4.18. The Balaban J connectivity index is 1.78. The zero-order valence-corrected chi connectivity index (χ0v) is 11.3. The monoisotopic (exact) mass is 273 g/mol. The van der Waals surface area contributed by atoms with Crippen molar-refractivity contribution in [1.29, 1.82) is 0 Å². The van der Waals surface area contributed by atoms with Crippen molar-refractivity contribution in [3.63, 3.8) is 0 Å². The first kappa shape index (κ1) is 12.9. The van der Waals surface area contributed by atoms with Crippen LogP contribution in [0.5, 0.6) is 5.75 Å². The summed E-state index contributed by atoms with van der Waals surface area (Å²) in [6, 6.07) is 5.72. The minimum Gasteiger partial charge on any atom is -0.488 e. The lowest BCUT2D eigenvalue weighted by Crippen LogP contribution is -2.32. The second-order valence-corrected chi connectivity index (χ2v) is 6.17. The van der Waals surface area contributed by atoms with E-state index in [9.17, 15) is 4.21 Å². The number of halogens is 1. The first-order chi connectivity index (χ1) is 8.15. The van der Waals surface area contributed by atoms with Crippen LogP contribution in [0.2, 0.25) is 5.02 Å². The molecule has 3 nitrogen and oxygen atoms in total. The van der Waals surface area contributed by atoms with Gasteiger partial charge in [0.05, 0.1) is 0 Å². The van der Waals surface area contributed by atoms with E-state index in [1.165, 1.54) is 5.56 Å². The number of ether oxygens (including phenoxy) is 1. The minimum absolute atomic E-state index is 0.161. The molecule has 17 heavy (non-hydrogen) atoms. The van der Waals surface area contributed by atoms with E-state index < -0.39 is 10.8 Å². The Morgan fingerprint density at radius 3 is 3.18 bits per heavy atom. The summed E-state index contributed by atoms with van der Waals surface area (Å²) < 4.78 is 16.7. The zero-order valence-electron chi connectivity index (χ0n) is 9.74. The van der Waals surface area contributed by atoms with Gasteiger partial charge in [0.1, 0.15) is 11.9 Å². The Morgan fingerprint density at radius 1 is 1.59 bits per heavy atom. The van der Waals surface area contributed by atoms with E-state index in [0.717, 1.165) is 30.3 Å². The summed E-state index contributed by atoms with van der Waals surface area (Å²) in [7, 11) is -0.732. The minimum atomic E-state index is -0.732. The Kier molecular flexibility index (Phi) is 4.42. The summed E-state index contributed by atoms with van der Waals surface area (Å²) in [6.45, 7) is 1.55. The molecule has 1 N–H and O–H groups in total. The number of rotatable bonds is 5. The lowest BCUT2D eigenvalue weighted by molar-refractivity contribution is 0.229. The van der Waals surface area contributed by atoms with Crippen LogP contribution < -0.4 is 10.1 Å². The fraction of sp³-hybridized carbons (Fsp3) is 0.500. The highest BCUT2D eigenvalue weighted by Crippen LogP contribution is 2.30. The third kappa shape index (κ3) is 3.69. The molecule has 0 aromatic heterocycles. The molecule has 0 fully saturated rings. The fourth-order valence-electron chi connectivity index (χ4n) is 1.88. The van der Waals surface area contributed by atoms with Gasteiger partial charge < -0.3 is 10.1 Å². The molecule has 0 saturated carbocycles. The SMILES string of the molecule is CS(=O)CCNCC1Cc2cc(Cl)ccc2O1. The van der Waals surface area contributed by atoms with Gasteiger partial charge in [0.25, 0.3) is 0 Å². The predicted octanol–water partition coefficient (Wildman–Crippen LogP) is 1.61. The molecule has 0 saturated heterocycles. The maximum Gasteiger partial charge on any atom is 0.123 e. The number of nitrogens with one attached hydrogen (secondary N) is 1. The highest BCUT2D eigenvalue weighted by atomic mass is 35.5. The topological polar surface area (TPSA) is 38.3 Å². The van der Waals surface area contributed by atoms with Crippen LogP contribution in [0, 0.1) is 0 Å². The van der Waals surface area contributed by atoms with Crippen LogP contribution in [0.3, 0.4) is 0 Å². The van der Waals surface area contributed by atoms with Crippen molar-refractivity contribution in [1.82, 2.24) is 5.32 Å². The van der Waals surface area contributed by atoms with Crippen LogP contribution in [0.4, 0.5) is 0 Å². The van der Waals surface area contributed by atoms with Crippen molar-refractivity contribution in [3.8, 4) is 5.75 Å². The molecule has 0 aliphatic carbocycles. The largest absolute Gasteiger partial charge is 0.488 e. The molecule has 0 amide bonds. The summed E-state index contributed by atoms with van der Waals surface area (Å²) in [5, 5.41) is 4.01. The summed E-state index contributed by atoms with van der Waals surface area (Å²) in [4.78, 5) is 0. The molecule has 1 heterocycles. The first-order valence-electron chi connectivity index (χ1n) is 5.61. The van der Waals surface area contributed by atoms with Gasteiger partial charge in [-0.15, -0.1) is 0 Å². The molecule has 0 radical (unpaired) electrons. The van der Waals surface area contributed by atoms with E-state index in [4.69, 9.17) is 16.3 Å². The normalized spacial score (nSPS) is 19.8. The lowest BCUT2D eigenvalue weighted by Gasteiger charge is -2.11. The summed E-state index contributed by atoms with van der Waals surface area (Å²) in [5.74, 6) is 1.62. The molecule has 5 heteroatoms. The highest BCUT2D eigenvalue weighted by molar-refractivity contribution is 7.84. The van der Waals surface area contributed by atoms with Crippen molar-refractivity contribution in [2.75, 3.05) is 25.1 Å². The average Bonchev–Trinajstić information content (AvgIpc) is 2.66.